The minimum Gasteiger partial charge on any atom is -0.394 e. The van der Waals surface area contributed by atoms with Crippen molar-refractivity contribution in [1.29, 1.82) is 5.26 Å². The van der Waals surface area contributed by atoms with E-state index in [1.807, 2.05) is 6.07 Å². The Labute approximate surface area is 71.2 Å². The number of nitriles is 1. The van der Waals surface area contributed by atoms with Gasteiger partial charge in [-0.3, -0.25) is 4.79 Å². The minimum absolute atomic E-state index is 0.0900. The molecule has 1 saturated carbocycles. The number of rotatable bonds is 3. The van der Waals surface area contributed by atoms with Gasteiger partial charge in [-0.15, -0.1) is 0 Å². The highest BCUT2D eigenvalue weighted by atomic mass is 16.3. The number of amides is 1. The monoisotopic (exact) mass is 168 g/mol. The van der Waals surface area contributed by atoms with Crippen LogP contribution >= 0.6 is 0 Å². The van der Waals surface area contributed by atoms with Gasteiger partial charge in [0.05, 0.1) is 12.7 Å². The molecule has 0 aromatic heterocycles. The van der Waals surface area contributed by atoms with Crippen LogP contribution in [0.5, 0.6) is 0 Å². The maximum absolute atomic E-state index is 11.3. The second kappa shape index (κ2) is 3.11. The van der Waals surface area contributed by atoms with E-state index < -0.39 is 5.41 Å². The first-order valence-corrected chi connectivity index (χ1v) is 3.98. The molecule has 4 nitrogen and oxygen atoms in total. The number of aliphatic hydroxyl groups excluding tert-OH is 1. The van der Waals surface area contributed by atoms with Gasteiger partial charge in [0.25, 0.3) is 0 Å². The van der Waals surface area contributed by atoms with Crippen molar-refractivity contribution in [3.63, 3.8) is 0 Å². The lowest BCUT2D eigenvalue weighted by Crippen LogP contribution is -2.39. The summed E-state index contributed by atoms with van der Waals surface area (Å²) in [5.41, 5.74) is -0.774. The molecule has 0 spiro atoms. The summed E-state index contributed by atoms with van der Waals surface area (Å²) in [6.07, 6.45) is 1.29. The fourth-order valence-corrected chi connectivity index (χ4v) is 0.922. The Morgan fingerprint density at radius 1 is 1.83 bits per heavy atom. The molecule has 0 aliphatic heterocycles. The largest absolute Gasteiger partial charge is 0.394 e. The highest BCUT2D eigenvalue weighted by molar-refractivity contribution is 5.88. The van der Waals surface area contributed by atoms with E-state index in [2.05, 4.69) is 5.32 Å². The summed E-state index contributed by atoms with van der Waals surface area (Å²) in [6.45, 7) is 1.61. The summed E-state index contributed by atoms with van der Waals surface area (Å²) < 4.78 is 0. The van der Waals surface area contributed by atoms with E-state index in [1.54, 1.807) is 6.92 Å². The van der Waals surface area contributed by atoms with Crippen LogP contribution in [0.3, 0.4) is 0 Å². The lowest BCUT2D eigenvalue weighted by Gasteiger charge is -2.12. The lowest BCUT2D eigenvalue weighted by atomic mass is 10.1. The van der Waals surface area contributed by atoms with Gasteiger partial charge < -0.3 is 10.4 Å². The number of carbonyl (C=O) groups excluding carboxylic acids is 1. The molecule has 2 N–H and O–H groups in total. The van der Waals surface area contributed by atoms with Gasteiger partial charge in [-0.2, -0.15) is 5.26 Å². The van der Waals surface area contributed by atoms with Crippen molar-refractivity contribution in [2.24, 2.45) is 5.41 Å². The molecule has 1 atom stereocenters. The van der Waals surface area contributed by atoms with Gasteiger partial charge in [-0.25, -0.2) is 0 Å². The van der Waals surface area contributed by atoms with Crippen LogP contribution in [0.4, 0.5) is 0 Å². The third-order valence-electron chi connectivity index (χ3n) is 2.05. The zero-order valence-corrected chi connectivity index (χ0v) is 7.00. The molecule has 1 aliphatic rings. The van der Waals surface area contributed by atoms with Gasteiger partial charge in [-0.05, 0) is 19.8 Å². The molecule has 0 aromatic rings. The molecule has 0 heterocycles. The van der Waals surface area contributed by atoms with Gasteiger partial charge in [-0.1, -0.05) is 0 Å². The van der Waals surface area contributed by atoms with E-state index in [1.165, 1.54) is 0 Å². The van der Waals surface area contributed by atoms with Crippen LogP contribution < -0.4 is 5.32 Å². The second-order valence-electron chi connectivity index (χ2n) is 3.25. The Hall–Kier alpha value is -1.08. The van der Waals surface area contributed by atoms with Crippen molar-refractivity contribution in [2.45, 2.75) is 25.8 Å². The highest BCUT2D eigenvalue weighted by Crippen LogP contribution is 2.44. The van der Waals surface area contributed by atoms with Gasteiger partial charge in [0, 0.05) is 6.04 Å². The average Bonchev–Trinajstić information content (AvgIpc) is 2.84. The van der Waals surface area contributed by atoms with Crippen LogP contribution in [-0.2, 0) is 4.79 Å². The lowest BCUT2D eigenvalue weighted by molar-refractivity contribution is -0.125. The van der Waals surface area contributed by atoms with Gasteiger partial charge in [0.2, 0.25) is 5.91 Å². The van der Waals surface area contributed by atoms with Crippen molar-refractivity contribution < 1.29 is 9.90 Å². The molecule has 0 bridgehead atoms. The summed E-state index contributed by atoms with van der Waals surface area (Å²) in [5, 5.41) is 19.9. The van der Waals surface area contributed by atoms with Crippen LogP contribution in [-0.4, -0.2) is 23.7 Å². The van der Waals surface area contributed by atoms with E-state index in [4.69, 9.17) is 10.4 Å². The van der Waals surface area contributed by atoms with Crippen molar-refractivity contribution in [3.05, 3.63) is 0 Å². The van der Waals surface area contributed by atoms with E-state index >= 15 is 0 Å². The Kier molecular flexibility index (Phi) is 2.34. The molecule has 0 radical (unpaired) electrons. The quantitative estimate of drug-likeness (QED) is 0.612. The summed E-state index contributed by atoms with van der Waals surface area (Å²) in [7, 11) is 0. The van der Waals surface area contributed by atoms with E-state index in [-0.39, 0.29) is 18.6 Å². The maximum atomic E-state index is 11.3. The number of aliphatic hydroxyl groups is 1. The van der Waals surface area contributed by atoms with Crippen LogP contribution in [0.2, 0.25) is 0 Å². The molecule has 1 unspecified atom stereocenters. The zero-order chi connectivity index (χ0) is 9.19. The first-order chi connectivity index (χ1) is 5.64. The van der Waals surface area contributed by atoms with E-state index in [9.17, 15) is 4.79 Å². The Morgan fingerprint density at radius 2 is 2.42 bits per heavy atom. The number of hydrogen-bond acceptors (Lipinski definition) is 3. The van der Waals surface area contributed by atoms with Crippen molar-refractivity contribution in [2.75, 3.05) is 6.61 Å². The van der Waals surface area contributed by atoms with Gasteiger partial charge in [0.1, 0.15) is 5.41 Å². The predicted molar refractivity (Wildman–Crippen MR) is 42.0 cm³/mol. The topological polar surface area (TPSA) is 73.1 Å². The van der Waals surface area contributed by atoms with E-state index in [0.717, 1.165) is 0 Å². The Morgan fingerprint density at radius 3 is 2.75 bits per heavy atom. The van der Waals surface area contributed by atoms with Crippen LogP contribution in [0.25, 0.3) is 0 Å². The number of nitrogens with zero attached hydrogens (tertiary/aromatic N) is 1. The highest BCUT2D eigenvalue weighted by Gasteiger charge is 2.50. The second-order valence-corrected chi connectivity index (χ2v) is 3.25. The molecular weight excluding hydrogens is 156 g/mol. The van der Waals surface area contributed by atoms with Crippen LogP contribution in [0, 0.1) is 16.7 Å². The van der Waals surface area contributed by atoms with Crippen molar-refractivity contribution in [1.82, 2.24) is 5.32 Å². The minimum atomic E-state index is -0.774. The zero-order valence-electron chi connectivity index (χ0n) is 7.00. The Balaban J connectivity index is 2.45. The Bertz CT molecular complexity index is 228. The smallest absolute Gasteiger partial charge is 0.240 e. The molecule has 1 fully saturated rings. The normalized spacial score (nSPS) is 20.8. The molecular formula is C8H12N2O2. The summed E-state index contributed by atoms with van der Waals surface area (Å²) in [4.78, 5) is 11.3. The summed E-state index contributed by atoms with van der Waals surface area (Å²) in [5.74, 6) is -0.244. The van der Waals surface area contributed by atoms with Gasteiger partial charge in [0.15, 0.2) is 0 Å². The van der Waals surface area contributed by atoms with E-state index in [0.29, 0.717) is 12.8 Å². The molecule has 0 aromatic carbocycles. The summed E-state index contributed by atoms with van der Waals surface area (Å²) in [6, 6.07) is 1.73. The molecule has 4 heteroatoms. The molecule has 1 rings (SSSR count). The molecule has 1 aliphatic carbocycles. The fraction of sp³-hybridized carbons (Fsp3) is 0.750. The molecule has 0 saturated heterocycles. The predicted octanol–water partition coefficient (Wildman–Crippen LogP) is -0.213. The third-order valence-corrected chi connectivity index (χ3v) is 2.05. The first-order valence-electron chi connectivity index (χ1n) is 3.98. The average molecular weight is 168 g/mol. The number of hydrogen-bond donors (Lipinski definition) is 2. The van der Waals surface area contributed by atoms with Crippen LogP contribution in [0.1, 0.15) is 19.8 Å². The van der Waals surface area contributed by atoms with Crippen molar-refractivity contribution in [3.8, 4) is 6.07 Å². The van der Waals surface area contributed by atoms with Crippen molar-refractivity contribution >= 4 is 5.91 Å². The summed E-state index contributed by atoms with van der Waals surface area (Å²) >= 11 is 0. The van der Waals surface area contributed by atoms with Crippen LogP contribution in [0.15, 0.2) is 0 Å². The number of nitrogens with one attached hydrogen (secondary N) is 1. The molecule has 1 amide bonds. The number of carbonyl (C=O) groups is 1. The SMILES string of the molecule is CC(CO)NC(=O)C1(C#N)CC1. The first kappa shape index (κ1) is 9.01. The van der Waals surface area contributed by atoms with Gasteiger partial charge >= 0.3 is 0 Å². The fourth-order valence-electron chi connectivity index (χ4n) is 0.922. The standard InChI is InChI=1S/C8H12N2O2/c1-6(4-11)10-7(12)8(5-9)2-3-8/h6,11H,2-4H2,1H3,(H,10,12). The molecule has 12 heavy (non-hydrogen) atoms. The third kappa shape index (κ3) is 1.56. The maximum Gasteiger partial charge on any atom is 0.240 e. The molecule has 66 valence electrons.